The molecule has 5 heteroatoms. The Morgan fingerprint density at radius 1 is 1.39 bits per heavy atom. The molecule has 1 rings (SSSR count). The number of nitro groups is 1. The SMILES string of the molecule is CCN(CC)C(=O)C=Cc1cccc([N+](=O)[O-])c1. The van der Waals surface area contributed by atoms with E-state index in [-0.39, 0.29) is 11.6 Å². The average molecular weight is 248 g/mol. The molecule has 1 aromatic carbocycles. The lowest BCUT2D eigenvalue weighted by Crippen LogP contribution is -2.28. The number of benzene rings is 1. The topological polar surface area (TPSA) is 63.5 Å². The third kappa shape index (κ3) is 3.69. The van der Waals surface area contributed by atoms with Crippen LogP contribution in [0, 0.1) is 10.1 Å². The molecule has 0 spiro atoms. The van der Waals surface area contributed by atoms with Gasteiger partial charge in [-0.1, -0.05) is 12.1 Å². The highest BCUT2D eigenvalue weighted by molar-refractivity contribution is 5.91. The first kappa shape index (κ1) is 13.9. The van der Waals surface area contributed by atoms with E-state index in [9.17, 15) is 14.9 Å². The number of nitrogens with zero attached hydrogens (tertiary/aromatic N) is 2. The van der Waals surface area contributed by atoms with Gasteiger partial charge in [0.15, 0.2) is 0 Å². The minimum absolute atomic E-state index is 0.0208. The maximum atomic E-state index is 11.7. The number of carbonyl (C=O) groups excluding carboxylic acids is 1. The van der Waals surface area contributed by atoms with Gasteiger partial charge in [0.1, 0.15) is 0 Å². The lowest BCUT2D eigenvalue weighted by molar-refractivity contribution is -0.384. The Hall–Kier alpha value is -2.17. The van der Waals surface area contributed by atoms with Crippen LogP contribution >= 0.6 is 0 Å². The van der Waals surface area contributed by atoms with E-state index in [2.05, 4.69) is 0 Å². The first-order valence-corrected chi connectivity index (χ1v) is 5.80. The fraction of sp³-hybridized carbons (Fsp3) is 0.308. The van der Waals surface area contributed by atoms with Crippen LogP contribution in [0.4, 0.5) is 5.69 Å². The summed E-state index contributed by atoms with van der Waals surface area (Å²) in [4.78, 5) is 23.5. The second kappa shape index (κ2) is 6.54. The lowest BCUT2D eigenvalue weighted by atomic mass is 10.2. The Kier molecular flexibility index (Phi) is 5.05. The van der Waals surface area contributed by atoms with E-state index >= 15 is 0 Å². The van der Waals surface area contributed by atoms with Crippen LogP contribution in [0.3, 0.4) is 0 Å². The molecular formula is C13H16N2O3. The highest BCUT2D eigenvalue weighted by atomic mass is 16.6. The van der Waals surface area contributed by atoms with Crippen molar-refractivity contribution < 1.29 is 9.72 Å². The largest absolute Gasteiger partial charge is 0.340 e. The van der Waals surface area contributed by atoms with Crippen molar-refractivity contribution in [1.29, 1.82) is 0 Å². The second-order valence-corrected chi connectivity index (χ2v) is 3.70. The quantitative estimate of drug-likeness (QED) is 0.457. The first-order valence-electron chi connectivity index (χ1n) is 5.80. The van der Waals surface area contributed by atoms with Crippen molar-refractivity contribution in [1.82, 2.24) is 4.90 Å². The smallest absolute Gasteiger partial charge is 0.270 e. The van der Waals surface area contributed by atoms with Crippen molar-refractivity contribution in [2.75, 3.05) is 13.1 Å². The van der Waals surface area contributed by atoms with Crippen LogP contribution in [-0.2, 0) is 4.79 Å². The van der Waals surface area contributed by atoms with Gasteiger partial charge in [-0.15, -0.1) is 0 Å². The van der Waals surface area contributed by atoms with E-state index in [0.29, 0.717) is 18.7 Å². The Morgan fingerprint density at radius 2 is 2.06 bits per heavy atom. The maximum Gasteiger partial charge on any atom is 0.270 e. The number of carbonyl (C=O) groups is 1. The predicted molar refractivity (Wildman–Crippen MR) is 70.1 cm³/mol. The summed E-state index contributed by atoms with van der Waals surface area (Å²) >= 11 is 0. The Bertz CT molecular complexity index is 465. The van der Waals surface area contributed by atoms with E-state index in [4.69, 9.17) is 0 Å². The molecule has 0 saturated heterocycles. The molecule has 0 aliphatic rings. The molecule has 0 unspecified atom stereocenters. The van der Waals surface area contributed by atoms with Crippen LogP contribution in [0.15, 0.2) is 30.3 Å². The fourth-order valence-electron chi connectivity index (χ4n) is 1.55. The van der Waals surface area contributed by atoms with Gasteiger partial charge in [-0.2, -0.15) is 0 Å². The molecule has 0 N–H and O–H groups in total. The van der Waals surface area contributed by atoms with E-state index in [1.54, 1.807) is 23.1 Å². The molecular weight excluding hydrogens is 232 g/mol. The number of nitro benzene ring substituents is 1. The summed E-state index contributed by atoms with van der Waals surface area (Å²) in [5.74, 6) is -0.0912. The van der Waals surface area contributed by atoms with Crippen LogP contribution in [-0.4, -0.2) is 28.8 Å². The zero-order valence-electron chi connectivity index (χ0n) is 10.5. The molecule has 0 aliphatic carbocycles. The van der Waals surface area contributed by atoms with Crippen molar-refractivity contribution in [3.8, 4) is 0 Å². The first-order chi connectivity index (χ1) is 8.58. The van der Waals surface area contributed by atoms with Crippen molar-refractivity contribution in [3.05, 3.63) is 46.0 Å². The number of non-ortho nitro benzene ring substituents is 1. The molecule has 0 heterocycles. The van der Waals surface area contributed by atoms with E-state index in [1.807, 2.05) is 13.8 Å². The normalized spacial score (nSPS) is 10.6. The zero-order valence-corrected chi connectivity index (χ0v) is 10.5. The number of hydrogen-bond acceptors (Lipinski definition) is 3. The molecule has 0 saturated carbocycles. The Labute approximate surface area is 106 Å². The molecule has 0 radical (unpaired) electrons. The van der Waals surface area contributed by atoms with E-state index < -0.39 is 4.92 Å². The standard InChI is InChI=1S/C13H16N2O3/c1-3-14(4-2)13(16)9-8-11-6-5-7-12(10-11)15(17)18/h5-10H,3-4H2,1-2H3. The number of amides is 1. The second-order valence-electron chi connectivity index (χ2n) is 3.70. The summed E-state index contributed by atoms with van der Waals surface area (Å²) < 4.78 is 0. The maximum absolute atomic E-state index is 11.7. The molecule has 0 aliphatic heterocycles. The predicted octanol–water partition coefficient (Wildman–Crippen LogP) is 2.48. The highest BCUT2D eigenvalue weighted by Gasteiger charge is 2.06. The zero-order chi connectivity index (χ0) is 13.5. The third-order valence-electron chi connectivity index (χ3n) is 2.57. The van der Waals surface area contributed by atoms with Crippen molar-refractivity contribution in [2.45, 2.75) is 13.8 Å². The molecule has 0 aromatic heterocycles. The molecule has 5 nitrogen and oxygen atoms in total. The average Bonchev–Trinajstić information content (AvgIpc) is 2.38. The monoisotopic (exact) mass is 248 g/mol. The van der Waals surface area contributed by atoms with E-state index in [1.165, 1.54) is 18.2 Å². The molecule has 18 heavy (non-hydrogen) atoms. The van der Waals surface area contributed by atoms with Crippen molar-refractivity contribution in [3.63, 3.8) is 0 Å². The van der Waals surface area contributed by atoms with Gasteiger partial charge in [0.25, 0.3) is 5.69 Å². The van der Waals surface area contributed by atoms with Crippen molar-refractivity contribution in [2.24, 2.45) is 0 Å². The van der Waals surface area contributed by atoms with Crippen molar-refractivity contribution >= 4 is 17.7 Å². The molecule has 1 aromatic rings. The summed E-state index contributed by atoms with van der Waals surface area (Å²) in [6.07, 6.45) is 3.03. The minimum atomic E-state index is -0.455. The summed E-state index contributed by atoms with van der Waals surface area (Å²) in [5.41, 5.74) is 0.664. The van der Waals surface area contributed by atoms with Gasteiger partial charge in [-0.05, 0) is 25.5 Å². The number of rotatable bonds is 5. The third-order valence-corrected chi connectivity index (χ3v) is 2.57. The van der Waals surface area contributed by atoms with Gasteiger partial charge in [0.2, 0.25) is 5.91 Å². The van der Waals surface area contributed by atoms with Crippen LogP contribution in [0.25, 0.3) is 6.08 Å². The molecule has 96 valence electrons. The fourth-order valence-corrected chi connectivity index (χ4v) is 1.55. The van der Waals surface area contributed by atoms with Gasteiger partial charge in [-0.3, -0.25) is 14.9 Å². The molecule has 1 amide bonds. The summed E-state index contributed by atoms with van der Waals surface area (Å²) in [5, 5.41) is 10.6. The highest BCUT2D eigenvalue weighted by Crippen LogP contribution is 2.14. The molecule has 0 atom stereocenters. The van der Waals surface area contributed by atoms with Gasteiger partial charge in [0.05, 0.1) is 4.92 Å². The van der Waals surface area contributed by atoms with Crippen LogP contribution < -0.4 is 0 Å². The summed E-state index contributed by atoms with van der Waals surface area (Å²) in [6, 6.07) is 6.17. The van der Waals surface area contributed by atoms with Gasteiger partial charge in [-0.25, -0.2) is 0 Å². The number of hydrogen-bond donors (Lipinski definition) is 0. The lowest BCUT2D eigenvalue weighted by Gasteiger charge is -2.15. The molecule has 0 bridgehead atoms. The minimum Gasteiger partial charge on any atom is -0.340 e. The van der Waals surface area contributed by atoms with E-state index in [0.717, 1.165) is 0 Å². The number of likely N-dealkylation sites (N-methyl/N-ethyl adjacent to an activating group) is 1. The summed E-state index contributed by atoms with van der Waals surface area (Å²) in [6.45, 7) is 5.11. The van der Waals surface area contributed by atoms with Crippen LogP contribution in [0.1, 0.15) is 19.4 Å². The molecule has 0 fully saturated rings. The van der Waals surface area contributed by atoms with Gasteiger partial charge >= 0.3 is 0 Å². The Balaban J connectivity index is 2.81. The van der Waals surface area contributed by atoms with Gasteiger partial charge < -0.3 is 4.90 Å². The van der Waals surface area contributed by atoms with Gasteiger partial charge in [0, 0.05) is 31.3 Å². The van der Waals surface area contributed by atoms with Crippen LogP contribution in [0.2, 0.25) is 0 Å². The van der Waals surface area contributed by atoms with Crippen LogP contribution in [0.5, 0.6) is 0 Å². The summed E-state index contributed by atoms with van der Waals surface area (Å²) in [7, 11) is 0. The Morgan fingerprint density at radius 3 is 2.61 bits per heavy atom.